The molecule has 1 fully saturated rings. The first-order chi connectivity index (χ1) is 12.0. The molecule has 1 saturated heterocycles. The summed E-state index contributed by atoms with van der Waals surface area (Å²) in [6.07, 6.45) is 0.216. The third-order valence-electron chi connectivity index (χ3n) is 4.38. The summed E-state index contributed by atoms with van der Waals surface area (Å²) in [5.41, 5.74) is 6.72. The van der Waals surface area contributed by atoms with E-state index in [1.165, 1.54) is 6.07 Å². The van der Waals surface area contributed by atoms with Crippen LogP contribution in [0.3, 0.4) is 0 Å². The van der Waals surface area contributed by atoms with Crippen molar-refractivity contribution >= 4 is 18.3 Å². The lowest BCUT2D eigenvalue weighted by Crippen LogP contribution is -2.41. The van der Waals surface area contributed by atoms with Crippen LogP contribution in [0.15, 0.2) is 22.7 Å². The van der Waals surface area contributed by atoms with Crippen molar-refractivity contribution in [3.05, 3.63) is 35.5 Å². The van der Waals surface area contributed by atoms with Crippen LogP contribution in [0.5, 0.6) is 0 Å². The van der Waals surface area contributed by atoms with Crippen LogP contribution >= 0.6 is 12.4 Å². The Hall–Kier alpha value is -2.03. The average molecular weight is 385 g/mol. The van der Waals surface area contributed by atoms with Crippen molar-refractivity contribution in [1.29, 1.82) is 0 Å². The molecule has 1 aliphatic rings. The van der Waals surface area contributed by atoms with E-state index >= 15 is 0 Å². The van der Waals surface area contributed by atoms with Gasteiger partial charge in [-0.25, -0.2) is 4.39 Å². The zero-order chi connectivity index (χ0) is 18.0. The van der Waals surface area contributed by atoms with Gasteiger partial charge in [-0.15, -0.1) is 12.4 Å². The van der Waals surface area contributed by atoms with Crippen molar-refractivity contribution in [3.8, 4) is 11.4 Å². The maximum atomic E-state index is 13.7. The Kier molecular flexibility index (Phi) is 6.69. The number of nitrogens with zero attached hydrogens (tertiary/aromatic N) is 2. The molecular formula is C17H22ClFN4O3. The highest BCUT2D eigenvalue weighted by Gasteiger charge is 2.34. The third-order valence-corrected chi connectivity index (χ3v) is 4.38. The summed E-state index contributed by atoms with van der Waals surface area (Å²) in [6.45, 7) is 4.34. The van der Waals surface area contributed by atoms with E-state index in [2.05, 4.69) is 15.5 Å². The molecule has 0 aliphatic carbocycles. The molecule has 0 radical (unpaired) electrons. The largest absolute Gasteiger partial charge is 0.368 e. The zero-order valence-electron chi connectivity index (χ0n) is 14.6. The first kappa shape index (κ1) is 20.3. The molecule has 1 unspecified atom stereocenters. The number of carbonyl (C=O) groups is 1. The molecule has 3 N–H and O–H groups in total. The van der Waals surface area contributed by atoms with Crippen molar-refractivity contribution in [2.75, 3.05) is 13.2 Å². The minimum Gasteiger partial charge on any atom is -0.368 e. The van der Waals surface area contributed by atoms with Gasteiger partial charge in [-0.05, 0) is 38.4 Å². The van der Waals surface area contributed by atoms with Crippen LogP contribution in [-0.4, -0.2) is 35.3 Å². The Labute approximate surface area is 156 Å². The summed E-state index contributed by atoms with van der Waals surface area (Å²) >= 11 is 0. The number of hydrogen-bond donors (Lipinski definition) is 2. The van der Waals surface area contributed by atoms with E-state index in [1.54, 1.807) is 26.0 Å². The highest BCUT2D eigenvalue weighted by molar-refractivity contribution is 5.85. The highest BCUT2D eigenvalue weighted by atomic mass is 35.5. The normalized spacial score (nSPS) is 20.5. The van der Waals surface area contributed by atoms with Gasteiger partial charge in [0.25, 0.3) is 0 Å². The van der Waals surface area contributed by atoms with Crippen molar-refractivity contribution in [1.82, 2.24) is 15.5 Å². The standard InChI is InChI=1S/C17H21FN4O3.ClH/c1-9-3-4-11(7-13(9)18)15-21-17(25-22-15)10(2)20-16(23)14-12(8-19)5-6-24-14;/h3-4,7,10,12,14H,5-6,8,19H2,1-2H3,(H,20,23);1H/t10?,12-,14-;/m1./s1. The van der Waals surface area contributed by atoms with Gasteiger partial charge in [0.1, 0.15) is 18.0 Å². The van der Waals surface area contributed by atoms with Crippen LogP contribution in [0.1, 0.15) is 30.8 Å². The molecule has 1 aromatic heterocycles. The van der Waals surface area contributed by atoms with Gasteiger partial charge in [0.15, 0.2) is 0 Å². The summed E-state index contributed by atoms with van der Waals surface area (Å²) in [4.78, 5) is 16.6. The second kappa shape index (κ2) is 8.57. The third kappa shape index (κ3) is 4.20. The number of aryl methyl sites for hydroxylation is 1. The number of halogens is 2. The maximum Gasteiger partial charge on any atom is 0.250 e. The fourth-order valence-corrected chi connectivity index (χ4v) is 2.78. The quantitative estimate of drug-likeness (QED) is 0.818. The molecular weight excluding hydrogens is 363 g/mol. The minimum atomic E-state index is -0.555. The predicted octanol–water partition coefficient (Wildman–Crippen LogP) is 2.15. The zero-order valence-corrected chi connectivity index (χ0v) is 15.4. The molecule has 3 atom stereocenters. The maximum absolute atomic E-state index is 13.7. The van der Waals surface area contributed by atoms with Gasteiger partial charge in [0.05, 0.1) is 0 Å². The number of aromatic nitrogens is 2. The van der Waals surface area contributed by atoms with E-state index in [9.17, 15) is 9.18 Å². The van der Waals surface area contributed by atoms with Gasteiger partial charge in [0, 0.05) is 18.1 Å². The molecule has 9 heteroatoms. The Balaban J connectivity index is 0.00000243. The Bertz CT molecular complexity index is 770. The Morgan fingerprint density at radius 3 is 2.96 bits per heavy atom. The molecule has 142 valence electrons. The summed E-state index contributed by atoms with van der Waals surface area (Å²) in [7, 11) is 0. The first-order valence-electron chi connectivity index (χ1n) is 8.21. The molecule has 1 aliphatic heterocycles. The van der Waals surface area contributed by atoms with Crippen molar-refractivity contribution in [2.45, 2.75) is 32.4 Å². The van der Waals surface area contributed by atoms with Crippen LogP contribution in [0.4, 0.5) is 4.39 Å². The number of benzene rings is 1. The number of carbonyl (C=O) groups excluding carboxylic acids is 1. The number of rotatable bonds is 5. The van der Waals surface area contributed by atoms with Crippen LogP contribution in [0.2, 0.25) is 0 Å². The summed E-state index contributed by atoms with van der Waals surface area (Å²) < 4.78 is 24.3. The second-order valence-electron chi connectivity index (χ2n) is 6.23. The summed E-state index contributed by atoms with van der Waals surface area (Å²) in [5.74, 6) is -0.0578. The van der Waals surface area contributed by atoms with Crippen molar-refractivity contribution in [2.24, 2.45) is 11.7 Å². The van der Waals surface area contributed by atoms with E-state index in [4.69, 9.17) is 15.0 Å². The summed E-state index contributed by atoms with van der Waals surface area (Å²) in [5, 5.41) is 6.66. The van der Waals surface area contributed by atoms with Crippen LogP contribution in [0.25, 0.3) is 11.4 Å². The van der Waals surface area contributed by atoms with E-state index < -0.39 is 12.1 Å². The number of nitrogens with one attached hydrogen (secondary N) is 1. The van der Waals surface area contributed by atoms with Crippen LogP contribution < -0.4 is 11.1 Å². The van der Waals surface area contributed by atoms with Gasteiger partial charge in [-0.1, -0.05) is 17.3 Å². The molecule has 1 amide bonds. The molecule has 0 spiro atoms. The molecule has 3 rings (SSSR count). The number of nitrogens with two attached hydrogens (primary N) is 1. The molecule has 1 aromatic carbocycles. The van der Waals surface area contributed by atoms with Crippen molar-refractivity contribution in [3.63, 3.8) is 0 Å². The number of hydrogen-bond acceptors (Lipinski definition) is 6. The lowest BCUT2D eigenvalue weighted by Gasteiger charge is -2.18. The minimum absolute atomic E-state index is 0. The molecule has 2 heterocycles. The van der Waals surface area contributed by atoms with Gasteiger partial charge in [0.2, 0.25) is 17.6 Å². The Morgan fingerprint density at radius 2 is 2.27 bits per heavy atom. The predicted molar refractivity (Wildman–Crippen MR) is 95.1 cm³/mol. The van der Waals surface area contributed by atoms with Crippen molar-refractivity contribution < 1.29 is 18.4 Å². The fourth-order valence-electron chi connectivity index (χ4n) is 2.78. The Morgan fingerprint density at radius 1 is 1.50 bits per heavy atom. The smallest absolute Gasteiger partial charge is 0.250 e. The summed E-state index contributed by atoms with van der Waals surface area (Å²) in [6, 6.07) is 4.22. The van der Waals surface area contributed by atoms with Gasteiger partial charge >= 0.3 is 0 Å². The molecule has 0 saturated carbocycles. The SMILES string of the molecule is Cc1ccc(-c2noc(C(C)NC(=O)[C@@H]3OCC[C@@H]3CN)n2)cc1F.Cl. The van der Waals surface area contributed by atoms with E-state index in [0.29, 0.717) is 24.3 Å². The van der Waals surface area contributed by atoms with Gasteiger partial charge in [-0.2, -0.15) is 4.98 Å². The topological polar surface area (TPSA) is 103 Å². The van der Waals surface area contributed by atoms with Crippen LogP contribution in [-0.2, 0) is 9.53 Å². The fraction of sp³-hybridized carbons (Fsp3) is 0.471. The van der Waals surface area contributed by atoms with E-state index in [1.807, 2.05) is 0 Å². The molecule has 0 bridgehead atoms. The van der Waals surface area contributed by atoms with Gasteiger partial charge < -0.3 is 20.3 Å². The van der Waals surface area contributed by atoms with E-state index in [0.717, 1.165) is 6.42 Å². The highest BCUT2D eigenvalue weighted by Crippen LogP contribution is 2.23. The second-order valence-corrected chi connectivity index (χ2v) is 6.23. The monoisotopic (exact) mass is 384 g/mol. The van der Waals surface area contributed by atoms with Crippen LogP contribution in [0, 0.1) is 18.7 Å². The average Bonchev–Trinajstić information content (AvgIpc) is 3.26. The van der Waals surface area contributed by atoms with E-state index in [-0.39, 0.29) is 41.8 Å². The number of ether oxygens (including phenoxy) is 1. The molecule has 7 nitrogen and oxygen atoms in total. The number of amides is 1. The van der Waals surface area contributed by atoms with Gasteiger partial charge in [-0.3, -0.25) is 4.79 Å². The molecule has 26 heavy (non-hydrogen) atoms. The lowest BCUT2D eigenvalue weighted by molar-refractivity contribution is -0.132. The molecule has 2 aromatic rings. The lowest BCUT2D eigenvalue weighted by atomic mass is 10.0. The first-order valence-corrected chi connectivity index (χ1v) is 8.21.